The van der Waals surface area contributed by atoms with Crippen molar-refractivity contribution in [2.24, 2.45) is 0 Å². The number of rotatable bonds is 7. The quantitative estimate of drug-likeness (QED) is 0.550. The predicted molar refractivity (Wildman–Crippen MR) is 89.0 cm³/mol. The van der Waals surface area contributed by atoms with Crippen LogP contribution in [-0.4, -0.2) is 25.7 Å². The molecule has 1 aromatic carbocycles. The van der Waals surface area contributed by atoms with E-state index >= 15 is 0 Å². The molecule has 0 radical (unpaired) electrons. The number of ether oxygens (including phenoxy) is 1. The normalized spacial score (nSPS) is 10.2. The van der Waals surface area contributed by atoms with Crippen LogP contribution in [0.15, 0.2) is 12.1 Å². The van der Waals surface area contributed by atoms with E-state index in [-0.39, 0.29) is 16.0 Å². The standard InChI is InChI=1S/C14H17Cl3N2O3/c1-22-12(20)5-3-2-4-6-18-14(21)19-13-10(16)7-9(15)8-11(13)17/h7-8H,2-6H2,1H3,(H2,18,19,21). The first-order valence-electron chi connectivity index (χ1n) is 6.70. The van der Waals surface area contributed by atoms with Gasteiger partial charge in [-0.1, -0.05) is 41.2 Å². The van der Waals surface area contributed by atoms with E-state index in [1.807, 2.05) is 0 Å². The third kappa shape index (κ3) is 6.73. The molecule has 1 rings (SSSR count). The van der Waals surface area contributed by atoms with Crippen molar-refractivity contribution in [3.05, 3.63) is 27.2 Å². The van der Waals surface area contributed by atoms with E-state index in [9.17, 15) is 9.59 Å². The maximum absolute atomic E-state index is 11.7. The minimum Gasteiger partial charge on any atom is -0.469 e. The van der Waals surface area contributed by atoms with Crippen LogP contribution in [0.2, 0.25) is 15.1 Å². The second-order valence-corrected chi connectivity index (χ2v) is 5.76. The molecule has 1 aromatic rings. The lowest BCUT2D eigenvalue weighted by Crippen LogP contribution is -2.29. The summed E-state index contributed by atoms with van der Waals surface area (Å²) in [6, 6.07) is 2.59. The van der Waals surface area contributed by atoms with Crippen LogP contribution in [0.4, 0.5) is 10.5 Å². The molecule has 0 unspecified atom stereocenters. The molecule has 0 aliphatic rings. The van der Waals surface area contributed by atoms with Gasteiger partial charge in [-0.3, -0.25) is 4.79 Å². The first kappa shape index (κ1) is 18.9. The fourth-order valence-corrected chi connectivity index (χ4v) is 2.61. The van der Waals surface area contributed by atoms with Gasteiger partial charge in [0.15, 0.2) is 0 Å². The number of anilines is 1. The van der Waals surface area contributed by atoms with Crippen LogP contribution in [0.5, 0.6) is 0 Å². The molecule has 2 amide bonds. The zero-order valence-electron chi connectivity index (χ0n) is 12.0. The summed E-state index contributed by atoms with van der Waals surface area (Å²) in [4.78, 5) is 22.6. The number of carbonyl (C=O) groups is 2. The Kier molecular flexibility index (Phi) is 8.38. The number of carbonyl (C=O) groups excluding carboxylic acids is 2. The Morgan fingerprint density at radius 1 is 1.09 bits per heavy atom. The number of nitrogens with one attached hydrogen (secondary N) is 2. The van der Waals surface area contributed by atoms with Gasteiger partial charge in [-0.25, -0.2) is 4.79 Å². The number of methoxy groups -OCH3 is 1. The number of halogens is 3. The van der Waals surface area contributed by atoms with Crippen molar-refractivity contribution in [1.82, 2.24) is 5.32 Å². The molecule has 0 aliphatic carbocycles. The smallest absolute Gasteiger partial charge is 0.319 e. The number of unbranched alkanes of at least 4 members (excludes halogenated alkanes) is 2. The molecule has 0 saturated heterocycles. The van der Waals surface area contributed by atoms with Crippen molar-refractivity contribution in [3.8, 4) is 0 Å². The average molecular weight is 368 g/mol. The third-order valence-corrected chi connectivity index (χ3v) is 3.63. The van der Waals surface area contributed by atoms with E-state index < -0.39 is 6.03 Å². The number of urea groups is 1. The number of amides is 2. The summed E-state index contributed by atoms with van der Waals surface area (Å²) < 4.78 is 4.54. The van der Waals surface area contributed by atoms with Crippen LogP contribution in [0.3, 0.4) is 0 Å². The van der Waals surface area contributed by atoms with Crippen LogP contribution >= 0.6 is 34.8 Å². The van der Waals surface area contributed by atoms with Gasteiger partial charge in [-0.2, -0.15) is 0 Å². The van der Waals surface area contributed by atoms with Gasteiger partial charge in [-0.05, 0) is 25.0 Å². The highest BCUT2D eigenvalue weighted by Gasteiger charge is 2.10. The van der Waals surface area contributed by atoms with Gasteiger partial charge in [0.05, 0.1) is 22.8 Å². The Bertz CT molecular complexity index is 515. The Morgan fingerprint density at radius 2 is 1.73 bits per heavy atom. The molecule has 0 bridgehead atoms. The van der Waals surface area contributed by atoms with Crippen molar-refractivity contribution in [2.45, 2.75) is 25.7 Å². The highest BCUT2D eigenvalue weighted by Crippen LogP contribution is 2.33. The molecule has 0 aliphatic heterocycles. The molecule has 2 N–H and O–H groups in total. The van der Waals surface area contributed by atoms with Crippen LogP contribution in [0.25, 0.3) is 0 Å². The van der Waals surface area contributed by atoms with Crippen molar-refractivity contribution in [2.75, 3.05) is 19.0 Å². The summed E-state index contributed by atoms with van der Waals surface area (Å²) in [5.74, 6) is -0.224. The number of esters is 1. The van der Waals surface area contributed by atoms with E-state index in [4.69, 9.17) is 34.8 Å². The molecule has 0 atom stereocenters. The van der Waals surface area contributed by atoms with E-state index in [0.29, 0.717) is 23.7 Å². The predicted octanol–water partition coefficient (Wildman–Crippen LogP) is 4.50. The zero-order chi connectivity index (χ0) is 16.5. The van der Waals surface area contributed by atoms with Gasteiger partial charge in [0, 0.05) is 18.0 Å². The summed E-state index contributed by atoms with van der Waals surface area (Å²) in [6.45, 7) is 0.482. The second-order valence-electron chi connectivity index (χ2n) is 4.51. The zero-order valence-corrected chi connectivity index (χ0v) is 14.3. The van der Waals surface area contributed by atoms with Crippen molar-refractivity contribution >= 4 is 52.5 Å². The molecule has 0 heterocycles. The van der Waals surface area contributed by atoms with Gasteiger partial charge in [0.2, 0.25) is 0 Å². The van der Waals surface area contributed by atoms with Crippen molar-refractivity contribution in [3.63, 3.8) is 0 Å². The van der Waals surface area contributed by atoms with E-state index in [2.05, 4.69) is 15.4 Å². The first-order chi connectivity index (χ1) is 10.4. The van der Waals surface area contributed by atoms with Crippen LogP contribution in [0, 0.1) is 0 Å². The fraction of sp³-hybridized carbons (Fsp3) is 0.429. The largest absolute Gasteiger partial charge is 0.469 e. The van der Waals surface area contributed by atoms with Gasteiger partial charge in [0.25, 0.3) is 0 Å². The first-order valence-corrected chi connectivity index (χ1v) is 7.83. The molecule has 8 heteroatoms. The molecule has 122 valence electrons. The summed E-state index contributed by atoms with van der Waals surface area (Å²) in [6.07, 6.45) is 2.69. The lowest BCUT2D eigenvalue weighted by molar-refractivity contribution is -0.140. The average Bonchev–Trinajstić information content (AvgIpc) is 2.46. The highest BCUT2D eigenvalue weighted by molar-refractivity contribution is 6.42. The second kappa shape index (κ2) is 9.77. The SMILES string of the molecule is COC(=O)CCCCCNC(=O)Nc1c(Cl)cc(Cl)cc1Cl. The van der Waals surface area contributed by atoms with Gasteiger partial charge < -0.3 is 15.4 Å². The van der Waals surface area contributed by atoms with Gasteiger partial charge in [0.1, 0.15) is 0 Å². The Labute approximate surface area is 144 Å². The molecular weight excluding hydrogens is 351 g/mol. The van der Waals surface area contributed by atoms with E-state index in [1.54, 1.807) is 0 Å². The Morgan fingerprint density at radius 3 is 2.32 bits per heavy atom. The third-order valence-electron chi connectivity index (χ3n) is 2.82. The topological polar surface area (TPSA) is 67.4 Å². The summed E-state index contributed by atoms with van der Waals surface area (Å²) in [5.41, 5.74) is 0.316. The summed E-state index contributed by atoms with van der Waals surface area (Å²) in [5, 5.41) is 6.20. The van der Waals surface area contributed by atoms with Crippen LogP contribution < -0.4 is 10.6 Å². The molecular formula is C14H17Cl3N2O3. The molecule has 0 aromatic heterocycles. The monoisotopic (exact) mass is 366 g/mol. The lowest BCUT2D eigenvalue weighted by Gasteiger charge is -2.11. The minimum atomic E-state index is -0.404. The molecule has 0 saturated carbocycles. The molecule has 5 nitrogen and oxygen atoms in total. The maximum Gasteiger partial charge on any atom is 0.319 e. The Balaban J connectivity index is 2.28. The fourth-order valence-electron chi connectivity index (χ4n) is 1.69. The van der Waals surface area contributed by atoms with E-state index in [1.165, 1.54) is 19.2 Å². The lowest BCUT2D eigenvalue weighted by atomic mass is 10.2. The highest BCUT2D eigenvalue weighted by atomic mass is 35.5. The van der Waals surface area contributed by atoms with Gasteiger partial charge >= 0.3 is 12.0 Å². The van der Waals surface area contributed by atoms with Crippen molar-refractivity contribution < 1.29 is 14.3 Å². The number of hydrogen-bond donors (Lipinski definition) is 2. The minimum absolute atomic E-state index is 0.224. The van der Waals surface area contributed by atoms with Crippen LogP contribution in [0.1, 0.15) is 25.7 Å². The summed E-state index contributed by atoms with van der Waals surface area (Å²) >= 11 is 17.7. The molecule has 0 spiro atoms. The van der Waals surface area contributed by atoms with Crippen LogP contribution in [-0.2, 0) is 9.53 Å². The summed E-state index contributed by atoms with van der Waals surface area (Å²) in [7, 11) is 1.36. The Hall–Kier alpha value is -1.17. The van der Waals surface area contributed by atoms with Gasteiger partial charge in [-0.15, -0.1) is 0 Å². The van der Waals surface area contributed by atoms with E-state index in [0.717, 1.165) is 19.3 Å². The number of benzene rings is 1. The number of hydrogen-bond acceptors (Lipinski definition) is 3. The maximum atomic E-state index is 11.7. The molecule has 0 fully saturated rings. The molecule has 22 heavy (non-hydrogen) atoms. The van der Waals surface area contributed by atoms with Crippen molar-refractivity contribution in [1.29, 1.82) is 0 Å².